The zero-order chi connectivity index (χ0) is 15.4. The molecule has 3 N–H and O–H groups in total. The first-order valence-electron chi connectivity index (χ1n) is 6.55. The number of rotatable bonds is 5. The highest BCUT2D eigenvalue weighted by Gasteiger charge is 2.18. The zero-order valence-electron chi connectivity index (χ0n) is 11.5. The molecule has 110 valence electrons. The minimum Gasteiger partial charge on any atom is -0.508 e. The summed E-state index contributed by atoms with van der Waals surface area (Å²) in [6.07, 6.45) is 0.836. The summed E-state index contributed by atoms with van der Waals surface area (Å²) in [5.41, 5.74) is 0.0603. The van der Waals surface area contributed by atoms with Crippen LogP contribution in [-0.2, 0) is 0 Å². The SMILES string of the molecule is CCCOc1ccc(C(=O)c2ccc(O)cc2O)c(O)c1. The number of carbonyl (C=O) groups excluding carboxylic acids is 1. The molecule has 21 heavy (non-hydrogen) atoms. The summed E-state index contributed by atoms with van der Waals surface area (Å²) in [6, 6.07) is 8.05. The summed E-state index contributed by atoms with van der Waals surface area (Å²) < 4.78 is 5.36. The van der Waals surface area contributed by atoms with Crippen LogP contribution in [-0.4, -0.2) is 27.7 Å². The number of carbonyl (C=O) groups is 1. The lowest BCUT2D eigenvalue weighted by molar-refractivity contribution is 0.103. The normalized spacial score (nSPS) is 10.3. The topological polar surface area (TPSA) is 87.0 Å². The van der Waals surface area contributed by atoms with Crippen molar-refractivity contribution in [1.29, 1.82) is 0 Å². The summed E-state index contributed by atoms with van der Waals surface area (Å²) in [7, 11) is 0. The lowest BCUT2D eigenvalue weighted by Crippen LogP contribution is -2.03. The van der Waals surface area contributed by atoms with Gasteiger partial charge in [-0.2, -0.15) is 0 Å². The van der Waals surface area contributed by atoms with Gasteiger partial charge in [0.15, 0.2) is 5.78 Å². The molecule has 0 bridgehead atoms. The van der Waals surface area contributed by atoms with Crippen molar-refractivity contribution in [1.82, 2.24) is 0 Å². The second kappa shape index (κ2) is 6.17. The van der Waals surface area contributed by atoms with Crippen molar-refractivity contribution in [3.8, 4) is 23.0 Å². The molecule has 0 unspecified atom stereocenters. The quantitative estimate of drug-likeness (QED) is 0.736. The molecule has 0 aliphatic heterocycles. The zero-order valence-corrected chi connectivity index (χ0v) is 11.5. The lowest BCUT2D eigenvalue weighted by atomic mass is 10.0. The fourth-order valence-corrected chi connectivity index (χ4v) is 1.87. The molecule has 0 heterocycles. The van der Waals surface area contributed by atoms with E-state index in [0.717, 1.165) is 12.5 Å². The van der Waals surface area contributed by atoms with Crippen molar-refractivity contribution < 1.29 is 24.9 Å². The fraction of sp³-hybridized carbons (Fsp3) is 0.188. The van der Waals surface area contributed by atoms with Gasteiger partial charge in [0.1, 0.15) is 23.0 Å². The minimum absolute atomic E-state index is 0.00493. The minimum atomic E-state index is -0.535. The van der Waals surface area contributed by atoms with Crippen LogP contribution in [0.2, 0.25) is 0 Å². The van der Waals surface area contributed by atoms with E-state index in [2.05, 4.69) is 0 Å². The first-order valence-corrected chi connectivity index (χ1v) is 6.55. The molecule has 0 saturated heterocycles. The predicted octanol–water partition coefficient (Wildman–Crippen LogP) is 2.82. The monoisotopic (exact) mass is 288 g/mol. The Hall–Kier alpha value is -2.69. The molecule has 0 saturated carbocycles. The van der Waals surface area contributed by atoms with E-state index in [-0.39, 0.29) is 28.4 Å². The predicted molar refractivity (Wildman–Crippen MR) is 77.1 cm³/mol. The van der Waals surface area contributed by atoms with Crippen molar-refractivity contribution in [2.45, 2.75) is 13.3 Å². The molecule has 0 amide bonds. The summed E-state index contributed by atoms with van der Waals surface area (Å²) >= 11 is 0. The Bertz CT molecular complexity index is 664. The lowest BCUT2D eigenvalue weighted by Gasteiger charge is -2.09. The van der Waals surface area contributed by atoms with Crippen LogP contribution in [0, 0.1) is 0 Å². The molecule has 0 radical (unpaired) electrons. The molecule has 0 aliphatic rings. The molecular weight excluding hydrogens is 272 g/mol. The largest absolute Gasteiger partial charge is 0.508 e. The van der Waals surface area contributed by atoms with Crippen molar-refractivity contribution in [2.24, 2.45) is 0 Å². The Morgan fingerprint density at radius 1 is 1.00 bits per heavy atom. The highest BCUT2D eigenvalue weighted by Crippen LogP contribution is 2.30. The number of phenols is 3. The molecule has 0 atom stereocenters. The fourth-order valence-electron chi connectivity index (χ4n) is 1.87. The van der Waals surface area contributed by atoms with Crippen LogP contribution in [0.1, 0.15) is 29.3 Å². The van der Waals surface area contributed by atoms with Crippen LogP contribution >= 0.6 is 0 Å². The van der Waals surface area contributed by atoms with E-state index >= 15 is 0 Å². The highest BCUT2D eigenvalue weighted by molar-refractivity contribution is 6.12. The smallest absolute Gasteiger partial charge is 0.200 e. The standard InChI is InChI=1S/C16H16O5/c1-2-7-21-11-4-6-13(15(19)9-11)16(20)12-5-3-10(17)8-14(12)18/h3-6,8-9,17-19H,2,7H2,1H3. The number of ketones is 1. The van der Waals surface area contributed by atoms with E-state index < -0.39 is 5.78 Å². The molecule has 0 spiro atoms. The third kappa shape index (κ3) is 3.25. The second-order valence-electron chi connectivity index (χ2n) is 4.56. The molecule has 0 fully saturated rings. The molecule has 2 aromatic carbocycles. The summed E-state index contributed by atoms with van der Waals surface area (Å²) in [6.45, 7) is 2.48. The van der Waals surface area contributed by atoms with Gasteiger partial charge in [0.25, 0.3) is 0 Å². The Morgan fingerprint density at radius 3 is 2.19 bits per heavy atom. The van der Waals surface area contributed by atoms with Crippen molar-refractivity contribution in [2.75, 3.05) is 6.61 Å². The highest BCUT2D eigenvalue weighted by atomic mass is 16.5. The van der Waals surface area contributed by atoms with Crippen molar-refractivity contribution in [3.05, 3.63) is 47.5 Å². The number of phenolic OH excluding ortho intramolecular Hbond substituents is 3. The van der Waals surface area contributed by atoms with E-state index in [1.54, 1.807) is 6.07 Å². The second-order valence-corrected chi connectivity index (χ2v) is 4.56. The van der Waals surface area contributed by atoms with Crippen molar-refractivity contribution in [3.63, 3.8) is 0 Å². The Morgan fingerprint density at radius 2 is 1.62 bits per heavy atom. The average Bonchev–Trinajstić information content (AvgIpc) is 2.44. The first-order chi connectivity index (χ1) is 10.0. The van der Waals surface area contributed by atoms with Crippen LogP contribution in [0.4, 0.5) is 0 Å². The van der Waals surface area contributed by atoms with Crippen LogP contribution in [0.3, 0.4) is 0 Å². The summed E-state index contributed by atoms with van der Waals surface area (Å²) in [5.74, 6) is -0.767. The van der Waals surface area contributed by atoms with E-state index in [4.69, 9.17) is 4.74 Å². The van der Waals surface area contributed by atoms with Gasteiger partial charge < -0.3 is 20.1 Å². The van der Waals surface area contributed by atoms with Crippen LogP contribution in [0.15, 0.2) is 36.4 Å². The number of aromatic hydroxyl groups is 3. The third-order valence-corrected chi connectivity index (χ3v) is 2.91. The van der Waals surface area contributed by atoms with Gasteiger partial charge in [-0.15, -0.1) is 0 Å². The van der Waals surface area contributed by atoms with Crippen LogP contribution in [0.5, 0.6) is 23.0 Å². The summed E-state index contributed by atoms with van der Waals surface area (Å²) in [4.78, 5) is 12.3. The van der Waals surface area contributed by atoms with Gasteiger partial charge in [-0.1, -0.05) is 6.92 Å². The van der Waals surface area contributed by atoms with Gasteiger partial charge in [0, 0.05) is 12.1 Å². The molecule has 0 aliphatic carbocycles. The molecule has 0 aromatic heterocycles. The van der Waals surface area contributed by atoms with Gasteiger partial charge in [0.2, 0.25) is 0 Å². The van der Waals surface area contributed by atoms with E-state index in [1.165, 1.54) is 24.3 Å². The maximum absolute atomic E-state index is 12.3. The Labute approximate surface area is 122 Å². The Kier molecular flexibility index (Phi) is 4.33. The molecule has 5 heteroatoms. The molecule has 5 nitrogen and oxygen atoms in total. The molecule has 2 rings (SSSR count). The van der Waals surface area contributed by atoms with Gasteiger partial charge in [-0.25, -0.2) is 0 Å². The first kappa shape index (κ1) is 14.7. The maximum atomic E-state index is 12.3. The van der Waals surface area contributed by atoms with Gasteiger partial charge in [-0.05, 0) is 30.7 Å². The van der Waals surface area contributed by atoms with Gasteiger partial charge >= 0.3 is 0 Å². The number of hydrogen-bond acceptors (Lipinski definition) is 5. The average molecular weight is 288 g/mol. The van der Waals surface area contributed by atoms with Gasteiger partial charge in [0.05, 0.1) is 17.7 Å². The number of ether oxygens (including phenoxy) is 1. The van der Waals surface area contributed by atoms with Crippen LogP contribution < -0.4 is 4.74 Å². The molecular formula is C16H16O5. The van der Waals surface area contributed by atoms with Crippen molar-refractivity contribution >= 4 is 5.78 Å². The van der Waals surface area contributed by atoms with E-state index in [0.29, 0.717) is 12.4 Å². The summed E-state index contributed by atoms with van der Waals surface area (Å²) in [5, 5.41) is 28.9. The van der Waals surface area contributed by atoms with Crippen LogP contribution in [0.25, 0.3) is 0 Å². The maximum Gasteiger partial charge on any atom is 0.200 e. The molecule has 2 aromatic rings. The Balaban J connectivity index is 2.31. The van der Waals surface area contributed by atoms with E-state index in [9.17, 15) is 20.1 Å². The van der Waals surface area contributed by atoms with Gasteiger partial charge in [-0.3, -0.25) is 4.79 Å². The third-order valence-electron chi connectivity index (χ3n) is 2.91. The van der Waals surface area contributed by atoms with E-state index in [1.807, 2.05) is 6.92 Å². The number of hydrogen-bond donors (Lipinski definition) is 3. The number of benzene rings is 2.